The van der Waals surface area contributed by atoms with Crippen LogP contribution in [0.1, 0.15) is 117 Å². The van der Waals surface area contributed by atoms with E-state index in [9.17, 15) is 0 Å². The Morgan fingerprint density at radius 2 is 0.731 bits per heavy atom. The fourth-order valence-corrected chi connectivity index (χ4v) is 6.44. The van der Waals surface area contributed by atoms with Gasteiger partial charge in [-0.2, -0.15) is 10.2 Å². The van der Waals surface area contributed by atoms with Gasteiger partial charge in [-0.1, -0.05) is 126 Å². The second-order valence-corrected chi connectivity index (χ2v) is 15.1. The first-order valence-electron chi connectivity index (χ1n) is 27.2. The molecule has 0 aliphatic rings. The SMILES string of the molecule is CC.CC.CC.CC.CC.CC.Cc1cc2ccccc2nn1.Cc1cc2cccnc2cn1.Cc1cc2cnccc2cn1.Cc1cc2ncccc2cn1.Cc1ccc2cccnc2n1.Cc1ncc2ccccc2n1. The zero-order valence-electron chi connectivity index (χ0n) is 49.7. The molecule has 0 saturated heterocycles. The maximum absolute atomic E-state index is 4.26. The monoisotopic (exact) mass is 1040 g/mol. The van der Waals surface area contributed by atoms with Crippen molar-refractivity contribution < 1.29 is 0 Å². The van der Waals surface area contributed by atoms with E-state index in [0.29, 0.717) is 0 Å². The van der Waals surface area contributed by atoms with Crippen LogP contribution in [0.2, 0.25) is 0 Å². The first kappa shape index (κ1) is 67.4. The first-order valence-corrected chi connectivity index (χ1v) is 27.2. The van der Waals surface area contributed by atoms with E-state index in [0.717, 1.165) is 99.7 Å². The molecule has 0 radical (unpaired) electrons. The van der Waals surface area contributed by atoms with Gasteiger partial charge in [0, 0.05) is 110 Å². The number of benzene rings is 2. The third-order valence-electron chi connectivity index (χ3n) is 9.74. The molecule has 0 fully saturated rings. The second kappa shape index (κ2) is 40.6. The van der Waals surface area contributed by atoms with Crippen molar-refractivity contribution in [2.75, 3.05) is 0 Å². The summed E-state index contributed by atoms with van der Waals surface area (Å²) in [6.07, 6.45) is 16.3. The highest BCUT2D eigenvalue weighted by atomic mass is 15.1. The topological polar surface area (TPSA) is 155 Å². The minimum Gasteiger partial charge on any atom is -0.264 e. The van der Waals surface area contributed by atoms with Gasteiger partial charge in [-0.3, -0.25) is 29.9 Å². The Morgan fingerprint density at radius 1 is 0.256 bits per heavy atom. The molecule has 0 saturated carbocycles. The van der Waals surface area contributed by atoms with Crippen molar-refractivity contribution in [3.63, 3.8) is 0 Å². The molecule has 12 aromatic rings. The lowest BCUT2D eigenvalue weighted by Crippen LogP contribution is -1.86. The second-order valence-electron chi connectivity index (χ2n) is 15.1. The van der Waals surface area contributed by atoms with E-state index >= 15 is 0 Å². The van der Waals surface area contributed by atoms with E-state index in [1.54, 1.807) is 31.0 Å². The van der Waals surface area contributed by atoms with Crippen molar-refractivity contribution in [1.29, 1.82) is 0 Å². The van der Waals surface area contributed by atoms with Crippen LogP contribution in [-0.2, 0) is 0 Å². The average Bonchev–Trinajstić information content (AvgIpc) is 3.51. The van der Waals surface area contributed by atoms with Crippen molar-refractivity contribution in [3.8, 4) is 0 Å². The van der Waals surface area contributed by atoms with Crippen LogP contribution >= 0.6 is 0 Å². The summed E-state index contributed by atoms with van der Waals surface area (Å²) in [4.78, 5) is 41.6. The minimum absolute atomic E-state index is 0.823. The van der Waals surface area contributed by atoms with E-state index in [4.69, 9.17) is 0 Å². The van der Waals surface area contributed by atoms with Gasteiger partial charge >= 0.3 is 0 Å². The van der Waals surface area contributed by atoms with Crippen LogP contribution in [-0.4, -0.2) is 60.0 Å². The number of fused-ring (bicyclic) bond motifs is 6. The molecule has 0 amide bonds. The minimum atomic E-state index is 0.823. The van der Waals surface area contributed by atoms with E-state index in [-0.39, 0.29) is 0 Å². The number of aromatic nitrogens is 12. The van der Waals surface area contributed by atoms with Crippen LogP contribution in [0.25, 0.3) is 65.4 Å². The molecule has 0 bridgehead atoms. The van der Waals surface area contributed by atoms with Crippen LogP contribution in [0.3, 0.4) is 0 Å². The van der Waals surface area contributed by atoms with E-state index in [1.807, 2.05) is 277 Å². The predicted molar refractivity (Wildman–Crippen MR) is 334 cm³/mol. The zero-order chi connectivity index (χ0) is 58.1. The highest BCUT2D eigenvalue weighted by Gasteiger charge is 1.97. The molecule has 0 N–H and O–H groups in total. The van der Waals surface area contributed by atoms with Gasteiger partial charge in [-0.05, 0) is 126 Å². The standard InChI is InChI=1S/6C9H8N2.6C2H6/c1-7-4-9-5-10-3-2-8(9)6-11-7;1-7-4-5-8-3-2-6-10-9(8)11-7;1-7-5-9-8(6-11-7)3-2-4-10-9;1-7-5-8-3-2-4-10-9(8)6-11-7;1-7-10-6-8-4-2-3-5-9(8)11-7;1-7-6-8-4-2-3-5-9(8)11-10-7;6*1-2/h6*2-6H,1H3;6*1-2H3. The lowest BCUT2D eigenvalue weighted by molar-refractivity contribution is 1.02. The molecule has 0 aliphatic heterocycles. The first-order chi connectivity index (χ1) is 38.2. The van der Waals surface area contributed by atoms with E-state index < -0.39 is 0 Å². The van der Waals surface area contributed by atoms with Crippen molar-refractivity contribution in [2.45, 2.75) is 125 Å². The summed E-state index contributed by atoms with van der Waals surface area (Å²) in [5.41, 5.74) is 9.82. The average molecular weight is 1050 g/mol. The fourth-order valence-electron chi connectivity index (χ4n) is 6.44. The van der Waals surface area contributed by atoms with Gasteiger partial charge in [-0.15, -0.1) is 0 Å². The molecule has 0 spiro atoms. The van der Waals surface area contributed by atoms with Crippen LogP contribution in [0.4, 0.5) is 0 Å². The smallest absolute Gasteiger partial charge is 0.159 e. The quantitative estimate of drug-likeness (QED) is 0.142. The van der Waals surface area contributed by atoms with Gasteiger partial charge in [0.1, 0.15) is 5.82 Å². The number of para-hydroxylation sites is 1. The highest BCUT2D eigenvalue weighted by Crippen LogP contribution is 2.14. The van der Waals surface area contributed by atoms with E-state index in [1.165, 1.54) is 0 Å². The maximum Gasteiger partial charge on any atom is 0.159 e. The number of rotatable bonds is 0. The molecule has 12 heteroatoms. The van der Waals surface area contributed by atoms with Gasteiger partial charge in [0.25, 0.3) is 0 Å². The van der Waals surface area contributed by atoms with Crippen molar-refractivity contribution in [1.82, 2.24) is 60.0 Å². The Labute approximate surface area is 465 Å². The van der Waals surface area contributed by atoms with Crippen molar-refractivity contribution in [2.24, 2.45) is 0 Å². The molecule has 10 heterocycles. The third-order valence-corrected chi connectivity index (χ3v) is 9.74. The summed E-state index contributed by atoms with van der Waals surface area (Å²) in [5.74, 6) is 0.823. The molecule has 2 aromatic carbocycles. The number of hydrogen-bond donors (Lipinski definition) is 0. The largest absolute Gasteiger partial charge is 0.264 e. The third kappa shape index (κ3) is 23.9. The summed E-state index contributed by atoms with van der Waals surface area (Å²) in [6.45, 7) is 35.7. The normalized spacial score (nSPS) is 9.15. The van der Waals surface area contributed by atoms with E-state index in [2.05, 4.69) is 60.0 Å². The van der Waals surface area contributed by atoms with Crippen molar-refractivity contribution in [3.05, 3.63) is 217 Å². The Kier molecular flexibility index (Phi) is 35.1. The van der Waals surface area contributed by atoms with Crippen LogP contribution in [0.15, 0.2) is 183 Å². The molecule has 10 aromatic heterocycles. The highest BCUT2D eigenvalue weighted by molar-refractivity contribution is 5.81. The summed E-state index contributed by atoms with van der Waals surface area (Å²) in [6, 6.07) is 41.8. The van der Waals surface area contributed by atoms with Gasteiger partial charge in [0.05, 0.1) is 34.0 Å². The molecule has 12 nitrogen and oxygen atoms in total. The Morgan fingerprint density at radius 3 is 1.41 bits per heavy atom. The van der Waals surface area contributed by atoms with Gasteiger partial charge in [0.15, 0.2) is 5.65 Å². The molecular formula is C66H84N12. The Balaban J connectivity index is 0.000000450. The summed E-state index contributed by atoms with van der Waals surface area (Å²) < 4.78 is 0. The van der Waals surface area contributed by atoms with Crippen LogP contribution in [0, 0.1) is 41.5 Å². The molecule has 78 heavy (non-hydrogen) atoms. The molecule has 408 valence electrons. The van der Waals surface area contributed by atoms with Crippen molar-refractivity contribution >= 4 is 65.4 Å². The number of nitrogens with zero attached hydrogens (tertiary/aromatic N) is 12. The number of pyridine rings is 8. The molecule has 0 aliphatic carbocycles. The van der Waals surface area contributed by atoms with Gasteiger partial charge < -0.3 is 0 Å². The zero-order valence-corrected chi connectivity index (χ0v) is 49.7. The van der Waals surface area contributed by atoms with Gasteiger partial charge in [-0.25, -0.2) is 19.9 Å². The summed E-state index contributed by atoms with van der Waals surface area (Å²) in [5, 5.41) is 15.9. The number of aryl methyl sites for hydroxylation is 6. The maximum atomic E-state index is 4.26. The molecular weight excluding hydrogens is 961 g/mol. The lowest BCUT2D eigenvalue weighted by atomic mass is 10.2. The molecule has 12 rings (SSSR count). The Bertz CT molecular complexity index is 2890. The molecule has 0 atom stereocenters. The summed E-state index contributed by atoms with van der Waals surface area (Å²) >= 11 is 0. The van der Waals surface area contributed by atoms with Crippen LogP contribution < -0.4 is 0 Å². The van der Waals surface area contributed by atoms with Gasteiger partial charge in [0.2, 0.25) is 0 Å². The summed E-state index contributed by atoms with van der Waals surface area (Å²) in [7, 11) is 0. The van der Waals surface area contributed by atoms with Crippen LogP contribution in [0.5, 0.6) is 0 Å². The fraction of sp³-hybridized carbons (Fsp3) is 0.273. The predicted octanol–water partition coefficient (Wildman–Crippen LogP) is 17.8. The lowest BCUT2D eigenvalue weighted by Gasteiger charge is -1.95. The number of hydrogen-bond acceptors (Lipinski definition) is 12. The molecule has 0 unspecified atom stereocenters. The Hall–Kier alpha value is -8.64.